The Morgan fingerprint density at radius 3 is 2.67 bits per heavy atom. The summed E-state index contributed by atoms with van der Waals surface area (Å²) in [5, 5.41) is 10.9. The lowest BCUT2D eigenvalue weighted by Crippen LogP contribution is -2.45. The summed E-state index contributed by atoms with van der Waals surface area (Å²) in [7, 11) is 0. The highest BCUT2D eigenvalue weighted by atomic mass is 35.5. The fourth-order valence-corrected chi connectivity index (χ4v) is 3.01. The highest BCUT2D eigenvalue weighted by Gasteiger charge is 2.16. The summed E-state index contributed by atoms with van der Waals surface area (Å²) >= 11 is 0. The van der Waals surface area contributed by atoms with Crippen molar-refractivity contribution in [2.45, 2.75) is 39.3 Å². The Bertz CT molecular complexity index is 675. The molecule has 24 heavy (non-hydrogen) atoms. The van der Waals surface area contributed by atoms with Crippen LogP contribution in [-0.2, 0) is 6.54 Å². The number of nitrogens with zero attached hydrogens (tertiary/aromatic N) is 2. The van der Waals surface area contributed by atoms with Crippen LogP contribution in [0.3, 0.4) is 0 Å². The maximum Gasteiger partial charge on any atom is 0.251 e. The lowest BCUT2D eigenvalue weighted by atomic mass is 10.1. The molecule has 0 bridgehead atoms. The van der Waals surface area contributed by atoms with Crippen LogP contribution in [0.2, 0.25) is 0 Å². The minimum absolute atomic E-state index is 0. The second-order valence-corrected chi connectivity index (χ2v) is 6.30. The van der Waals surface area contributed by atoms with Crippen molar-refractivity contribution in [2.75, 3.05) is 13.1 Å². The number of hydrogen-bond donors (Lipinski definition) is 2. The summed E-state index contributed by atoms with van der Waals surface area (Å²) in [6.45, 7) is 6.69. The lowest BCUT2D eigenvalue weighted by molar-refractivity contribution is 0.0930. The summed E-state index contributed by atoms with van der Waals surface area (Å²) in [6.07, 6.45) is 2.17. The fourth-order valence-electron chi connectivity index (χ4n) is 3.01. The summed E-state index contributed by atoms with van der Waals surface area (Å²) in [4.78, 5) is 12.3. The maximum absolute atomic E-state index is 12.3. The fraction of sp³-hybridized carbons (Fsp3) is 0.444. The molecule has 1 unspecified atom stereocenters. The summed E-state index contributed by atoms with van der Waals surface area (Å²) < 4.78 is 1.98. The predicted molar refractivity (Wildman–Crippen MR) is 97.9 cm³/mol. The summed E-state index contributed by atoms with van der Waals surface area (Å²) in [6, 6.07) is 10.1. The first-order valence-electron chi connectivity index (χ1n) is 8.23. The van der Waals surface area contributed by atoms with E-state index in [1.54, 1.807) is 0 Å². The van der Waals surface area contributed by atoms with E-state index in [4.69, 9.17) is 0 Å². The molecule has 1 fully saturated rings. The molecule has 2 N–H and O–H groups in total. The van der Waals surface area contributed by atoms with E-state index in [1.807, 2.05) is 35.9 Å². The molecule has 0 radical (unpaired) electrons. The monoisotopic (exact) mass is 348 g/mol. The van der Waals surface area contributed by atoms with Crippen molar-refractivity contribution in [3.63, 3.8) is 0 Å². The number of nitrogens with one attached hydrogen (secondary N) is 2. The molecule has 2 aromatic rings. The molecule has 3 rings (SSSR count). The highest BCUT2D eigenvalue weighted by Crippen LogP contribution is 2.10. The Labute approximate surface area is 149 Å². The molecule has 0 saturated carbocycles. The van der Waals surface area contributed by atoms with E-state index < -0.39 is 0 Å². The molecule has 1 saturated heterocycles. The molecule has 130 valence electrons. The van der Waals surface area contributed by atoms with Gasteiger partial charge in [-0.25, -0.2) is 0 Å². The van der Waals surface area contributed by atoms with Crippen molar-refractivity contribution in [3.8, 4) is 0 Å². The first kappa shape index (κ1) is 18.5. The SMILES string of the molecule is Cc1cc(C)n(Cc2ccc(C(=O)NC3CCCNC3)cc2)n1.Cl. The first-order chi connectivity index (χ1) is 11.1. The molecule has 6 heteroatoms. The molecule has 1 amide bonds. The van der Waals surface area contributed by atoms with Crippen LogP contribution in [0.5, 0.6) is 0 Å². The third-order valence-corrected chi connectivity index (χ3v) is 4.28. The Balaban J connectivity index is 0.00000208. The second-order valence-electron chi connectivity index (χ2n) is 6.30. The van der Waals surface area contributed by atoms with Gasteiger partial charge in [-0.15, -0.1) is 12.4 Å². The molecule has 1 atom stereocenters. The zero-order valence-electron chi connectivity index (χ0n) is 14.2. The van der Waals surface area contributed by atoms with Gasteiger partial charge in [-0.05, 0) is 57.0 Å². The van der Waals surface area contributed by atoms with Crippen molar-refractivity contribution in [2.24, 2.45) is 0 Å². The number of carbonyl (C=O) groups excluding carboxylic acids is 1. The summed E-state index contributed by atoms with van der Waals surface area (Å²) in [5.41, 5.74) is 4.04. The van der Waals surface area contributed by atoms with Crippen LogP contribution in [0.1, 0.15) is 40.2 Å². The van der Waals surface area contributed by atoms with Crippen LogP contribution in [0, 0.1) is 13.8 Å². The number of hydrogen-bond acceptors (Lipinski definition) is 3. The molecule has 1 aromatic heterocycles. The molecular weight excluding hydrogens is 324 g/mol. The van der Waals surface area contributed by atoms with Crippen molar-refractivity contribution in [3.05, 3.63) is 52.8 Å². The molecule has 1 aliphatic heterocycles. The zero-order valence-corrected chi connectivity index (χ0v) is 15.0. The van der Waals surface area contributed by atoms with Crippen LogP contribution in [0.25, 0.3) is 0 Å². The number of aryl methyl sites for hydroxylation is 2. The molecule has 0 spiro atoms. The van der Waals surface area contributed by atoms with Crippen LogP contribution in [0.4, 0.5) is 0 Å². The van der Waals surface area contributed by atoms with Crippen molar-refractivity contribution in [1.82, 2.24) is 20.4 Å². The first-order valence-corrected chi connectivity index (χ1v) is 8.23. The number of amides is 1. The standard InChI is InChI=1S/C18H24N4O.ClH/c1-13-10-14(2)22(21-13)12-15-5-7-16(8-6-15)18(23)20-17-4-3-9-19-11-17;/h5-8,10,17,19H,3-4,9,11-12H2,1-2H3,(H,20,23);1H. The van der Waals surface area contributed by atoms with Gasteiger partial charge < -0.3 is 10.6 Å². The quantitative estimate of drug-likeness (QED) is 0.892. The van der Waals surface area contributed by atoms with E-state index in [0.717, 1.165) is 49.4 Å². The number of benzene rings is 1. The van der Waals surface area contributed by atoms with E-state index >= 15 is 0 Å². The van der Waals surface area contributed by atoms with Gasteiger partial charge in [0.2, 0.25) is 0 Å². The van der Waals surface area contributed by atoms with Gasteiger partial charge in [-0.1, -0.05) is 12.1 Å². The third-order valence-electron chi connectivity index (χ3n) is 4.28. The third kappa shape index (κ3) is 4.58. The number of carbonyl (C=O) groups is 1. The molecule has 0 aliphatic carbocycles. The van der Waals surface area contributed by atoms with Crippen LogP contribution >= 0.6 is 12.4 Å². The topological polar surface area (TPSA) is 59.0 Å². The minimum atomic E-state index is 0. The van der Waals surface area contributed by atoms with Gasteiger partial charge in [-0.3, -0.25) is 9.48 Å². The lowest BCUT2D eigenvalue weighted by Gasteiger charge is -2.23. The maximum atomic E-state index is 12.3. The second kappa shape index (κ2) is 8.31. The largest absolute Gasteiger partial charge is 0.348 e. The molecule has 1 aromatic carbocycles. The number of rotatable bonds is 4. The number of halogens is 1. The van der Waals surface area contributed by atoms with E-state index in [2.05, 4.69) is 28.7 Å². The van der Waals surface area contributed by atoms with Gasteiger partial charge in [-0.2, -0.15) is 5.10 Å². The van der Waals surface area contributed by atoms with E-state index in [1.165, 1.54) is 0 Å². The number of aromatic nitrogens is 2. The normalized spacial score (nSPS) is 17.2. The predicted octanol–water partition coefficient (Wildman–Crippen LogP) is 2.45. The van der Waals surface area contributed by atoms with Crippen LogP contribution in [-0.4, -0.2) is 34.8 Å². The van der Waals surface area contributed by atoms with Crippen molar-refractivity contribution < 1.29 is 4.79 Å². The Morgan fingerprint density at radius 2 is 2.08 bits per heavy atom. The van der Waals surface area contributed by atoms with Crippen LogP contribution < -0.4 is 10.6 Å². The highest BCUT2D eigenvalue weighted by molar-refractivity contribution is 5.94. The van der Waals surface area contributed by atoms with Gasteiger partial charge in [0.05, 0.1) is 12.2 Å². The molecule has 2 heterocycles. The Morgan fingerprint density at radius 1 is 1.33 bits per heavy atom. The van der Waals surface area contributed by atoms with E-state index in [0.29, 0.717) is 5.56 Å². The molecule has 5 nitrogen and oxygen atoms in total. The minimum Gasteiger partial charge on any atom is -0.348 e. The van der Waals surface area contributed by atoms with Gasteiger partial charge in [0.15, 0.2) is 0 Å². The zero-order chi connectivity index (χ0) is 16.2. The van der Waals surface area contributed by atoms with Crippen molar-refractivity contribution >= 4 is 18.3 Å². The van der Waals surface area contributed by atoms with Gasteiger partial charge in [0.25, 0.3) is 5.91 Å². The molecule has 1 aliphatic rings. The van der Waals surface area contributed by atoms with E-state index in [9.17, 15) is 4.79 Å². The average molecular weight is 349 g/mol. The molecular formula is C18H25ClN4O. The van der Waals surface area contributed by atoms with E-state index in [-0.39, 0.29) is 24.4 Å². The van der Waals surface area contributed by atoms with Gasteiger partial charge >= 0.3 is 0 Å². The van der Waals surface area contributed by atoms with Gasteiger partial charge in [0.1, 0.15) is 0 Å². The average Bonchev–Trinajstić information content (AvgIpc) is 2.86. The van der Waals surface area contributed by atoms with Crippen molar-refractivity contribution in [1.29, 1.82) is 0 Å². The number of piperidine rings is 1. The van der Waals surface area contributed by atoms with Gasteiger partial charge in [0, 0.05) is 23.8 Å². The van der Waals surface area contributed by atoms with Crippen LogP contribution in [0.15, 0.2) is 30.3 Å². The summed E-state index contributed by atoms with van der Waals surface area (Å²) in [5.74, 6) is 0.0105. The smallest absolute Gasteiger partial charge is 0.251 e. The Hall–Kier alpha value is -1.85. The Kier molecular flexibility index (Phi) is 6.40.